The molecule has 1 N–H and O–H groups in total. The Morgan fingerprint density at radius 3 is 2.79 bits per heavy atom. The zero-order valence-corrected chi connectivity index (χ0v) is 15.9. The van der Waals surface area contributed by atoms with Crippen molar-refractivity contribution < 1.29 is 14.6 Å². The molecule has 0 fully saturated rings. The first kappa shape index (κ1) is 19.4. The highest BCUT2D eigenvalue weighted by molar-refractivity contribution is 5.90. The predicted octanol–water partition coefficient (Wildman–Crippen LogP) is 4.48. The van der Waals surface area contributed by atoms with E-state index in [1.807, 2.05) is 35.4 Å². The third kappa shape index (κ3) is 4.68. The van der Waals surface area contributed by atoms with Gasteiger partial charge in [0.05, 0.1) is 25.4 Å². The summed E-state index contributed by atoms with van der Waals surface area (Å²) in [6.07, 6.45) is 15.1. The molecule has 2 aliphatic rings. The van der Waals surface area contributed by atoms with Crippen LogP contribution in [0.25, 0.3) is 11.3 Å². The second-order valence-electron chi connectivity index (χ2n) is 6.66. The number of benzene rings is 1. The zero-order chi connectivity index (χ0) is 19.9. The third-order valence-corrected chi connectivity index (χ3v) is 4.73. The Morgan fingerprint density at radius 1 is 1.39 bits per heavy atom. The largest absolute Gasteiger partial charge is 0.496 e. The molecule has 28 heavy (non-hydrogen) atoms. The summed E-state index contributed by atoms with van der Waals surface area (Å²) in [4.78, 5) is 11.1. The van der Waals surface area contributed by atoms with E-state index in [-0.39, 0.29) is 0 Å². The van der Waals surface area contributed by atoms with Gasteiger partial charge in [0.2, 0.25) is 0 Å². The van der Waals surface area contributed by atoms with Gasteiger partial charge in [0.25, 0.3) is 0 Å². The van der Waals surface area contributed by atoms with Gasteiger partial charge in [-0.15, -0.1) is 0 Å². The minimum absolute atomic E-state index is 0.321. The third-order valence-electron chi connectivity index (χ3n) is 4.73. The number of carbonyl (C=O) groups is 1. The second-order valence-corrected chi connectivity index (χ2v) is 6.66. The van der Waals surface area contributed by atoms with Crippen molar-refractivity contribution in [2.75, 3.05) is 13.7 Å². The van der Waals surface area contributed by atoms with Crippen molar-refractivity contribution in [3.05, 3.63) is 84.1 Å². The lowest BCUT2D eigenvalue weighted by Crippen LogP contribution is -2.19. The summed E-state index contributed by atoms with van der Waals surface area (Å²) in [6, 6.07) is 7.60. The summed E-state index contributed by atoms with van der Waals surface area (Å²) < 4.78 is 5.30. The molecule has 0 bridgehead atoms. The van der Waals surface area contributed by atoms with Crippen LogP contribution in [0.15, 0.2) is 78.1 Å². The summed E-state index contributed by atoms with van der Waals surface area (Å²) in [6.45, 7) is 5.04. The Labute approximate surface area is 165 Å². The van der Waals surface area contributed by atoms with Crippen LogP contribution in [0.4, 0.5) is 0 Å². The minimum atomic E-state index is -1.04. The Bertz CT molecular complexity index is 906. The Kier molecular flexibility index (Phi) is 6.27. The van der Waals surface area contributed by atoms with Gasteiger partial charge in [0, 0.05) is 11.8 Å². The smallest absolute Gasteiger partial charge is 0.332 e. The number of ether oxygens (including phenoxy) is 1. The lowest BCUT2D eigenvalue weighted by atomic mass is 9.88. The standard InChI is InChI=1S/C23H24N2O3/c1-17(20-7-3-4-8-21(20)22(28-2)16-23(26)27)15-18-9-11-19(12-10-18)25-14-6-5-13-24-25/h3-9,11-13,16,18H,1,10,14-15H2,2H3,(H,26,27)/b22-16-. The van der Waals surface area contributed by atoms with Crippen molar-refractivity contribution in [3.63, 3.8) is 0 Å². The molecule has 5 nitrogen and oxygen atoms in total. The van der Waals surface area contributed by atoms with Gasteiger partial charge in [-0.25, -0.2) is 4.79 Å². The SMILES string of the molecule is C=C(CC1C=CC(N2CC=CC=N2)=CC1)c1ccccc1/C(=C/C(=O)O)OC. The molecule has 0 spiro atoms. The van der Waals surface area contributed by atoms with Gasteiger partial charge in [-0.2, -0.15) is 5.10 Å². The van der Waals surface area contributed by atoms with E-state index in [1.54, 1.807) is 6.21 Å². The first-order valence-corrected chi connectivity index (χ1v) is 9.19. The normalized spacial score (nSPS) is 18.8. The van der Waals surface area contributed by atoms with E-state index in [0.29, 0.717) is 11.7 Å². The van der Waals surface area contributed by atoms with Crippen LogP contribution in [-0.2, 0) is 9.53 Å². The molecule has 1 heterocycles. The molecule has 3 rings (SSSR count). The van der Waals surface area contributed by atoms with Crippen molar-refractivity contribution in [2.45, 2.75) is 12.8 Å². The molecule has 1 aromatic carbocycles. The molecule has 144 valence electrons. The Hall–Kier alpha value is -3.34. The zero-order valence-electron chi connectivity index (χ0n) is 15.9. The number of hydrogen-bond donors (Lipinski definition) is 1. The molecule has 0 amide bonds. The number of allylic oxidation sites excluding steroid dienone is 5. The fourth-order valence-corrected chi connectivity index (χ4v) is 3.35. The molecular weight excluding hydrogens is 352 g/mol. The number of nitrogens with zero attached hydrogens (tertiary/aromatic N) is 2. The van der Waals surface area contributed by atoms with Crippen molar-refractivity contribution in [2.24, 2.45) is 11.0 Å². The molecule has 0 aromatic heterocycles. The van der Waals surface area contributed by atoms with Crippen LogP contribution in [0.1, 0.15) is 24.0 Å². The van der Waals surface area contributed by atoms with E-state index < -0.39 is 5.97 Å². The number of aliphatic carboxylic acids is 1. The van der Waals surface area contributed by atoms with Gasteiger partial charge in [0.15, 0.2) is 0 Å². The molecule has 0 saturated heterocycles. The summed E-state index contributed by atoms with van der Waals surface area (Å²) >= 11 is 0. The van der Waals surface area contributed by atoms with Crippen LogP contribution in [0, 0.1) is 5.92 Å². The van der Waals surface area contributed by atoms with Crippen LogP contribution in [0.2, 0.25) is 0 Å². The van der Waals surface area contributed by atoms with E-state index >= 15 is 0 Å². The van der Waals surface area contributed by atoms with Crippen LogP contribution < -0.4 is 0 Å². The van der Waals surface area contributed by atoms with Gasteiger partial charge in [-0.1, -0.05) is 49.1 Å². The molecule has 0 radical (unpaired) electrons. The number of hydrogen-bond acceptors (Lipinski definition) is 4. The molecule has 0 saturated carbocycles. The summed E-state index contributed by atoms with van der Waals surface area (Å²) in [5.74, 6) is -0.384. The average molecular weight is 376 g/mol. The molecule has 1 unspecified atom stereocenters. The maximum atomic E-state index is 11.1. The maximum absolute atomic E-state index is 11.1. The number of rotatable bonds is 7. The number of methoxy groups -OCH3 is 1. The van der Waals surface area contributed by atoms with Crippen LogP contribution in [-0.4, -0.2) is 36.0 Å². The summed E-state index contributed by atoms with van der Waals surface area (Å²) in [5.41, 5.74) is 3.71. The number of hydrazone groups is 1. The van der Waals surface area contributed by atoms with E-state index in [0.717, 1.165) is 47.9 Å². The highest BCUT2D eigenvalue weighted by Crippen LogP contribution is 2.32. The van der Waals surface area contributed by atoms with Gasteiger partial charge in [0.1, 0.15) is 5.76 Å². The van der Waals surface area contributed by atoms with Crippen LogP contribution in [0.3, 0.4) is 0 Å². The minimum Gasteiger partial charge on any atom is -0.496 e. The molecular formula is C23H24N2O3. The number of carboxylic acids is 1. The van der Waals surface area contributed by atoms with Crippen molar-refractivity contribution in [1.29, 1.82) is 0 Å². The van der Waals surface area contributed by atoms with Crippen LogP contribution in [0.5, 0.6) is 0 Å². The molecule has 1 atom stereocenters. The first-order chi connectivity index (χ1) is 13.6. The molecule has 1 aromatic rings. The van der Waals surface area contributed by atoms with E-state index in [1.165, 1.54) is 7.11 Å². The van der Waals surface area contributed by atoms with Gasteiger partial charge >= 0.3 is 5.97 Å². The topological polar surface area (TPSA) is 62.1 Å². The van der Waals surface area contributed by atoms with E-state index in [4.69, 9.17) is 9.84 Å². The second kappa shape index (κ2) is 9.04. The molecule has 1 aliphatic heterocycles. The van der Waals surface area contributed by atoms with Crippen molar-refractivity contribution in [1.82, 2.24) is 5.01 Å². The highest BCUT2D eigenvalue weighted by atomic mass is 16.5. The molecule has 5 heteroatoms. The van der Waals surface area contributed by atoms with Gasteiger partial charge < -0.3 is 9.84 Å². The molecule has 1 aliphatic carbocycles. The van der Waals surface area contributed by atoms with Crippen molar-refractivity contribution >= 4 is 23.5 Å². The van der Waals surface area contributed by atoms with E-state index in [9.17, 15) is 4.79 Å². The lowest BCUT2D eigenvalue weighted by molar-refractivity contribution is -0.131. The average Bonchev–Trinajstić information content (AvgIpc) is 2.73. The lowest BCUT2D eigenvalue weighted by Gasteiger charge is -2.25. The maximum Gasteiger partial charge on any atom is 0.332 e. The highest BCUT2D eigenvalue weighted by Gasteiger charge is 2.17. The van der Waals surface area contributed by atoms with Gasteiger partial charge in [-0.3, -0.25) is 5.01 Å². The van der Waals surface area contributed by atoms with Crippen molar-refractivity contribution in [3.8, 4) is 0 Å². The Balaban J connectivity index is 1.70. The monoisotopic (exact) mass is 376 g/mol. The first-order valence-electron chi connectivity index (χ1n) is 9.19. The number of carboxylic acid groups (broad SMARTS) is 1. The van der Waals surface area contributed by atoms with E-state index in [2.05, 4.69) is 36.0 Å². The predicted molar refractivity (Wildman–Crippen MR) is 112 cm³/mol. The fourth-order valence-electron chi connectivity index (χ4n) is 3.35. The fraction of sp³-hybridized carbons (Fsp3) is 0.217. The quantitative estimate of drug-likeness (QED) is 0.563. The Morgan fingerprint density at radius 2 is 2.18 bits per heavy atom. The summed E-state index contributed by atoms with van der Waals surface area (Å²) in [7, 11) is 1.47. The van der Waals surface area contributed by atoms with Crippen LogP contribution >= 0.6 is 0 Å². The summed E-state index contributed by atoms with van der Waals surface area (Å²) in [5, 5.41) is 15.4. The van der Waals surface area contributed by atoms with Gasteiger partial charge in [-0.05, 0) is 42.0 Å².